The van der Waals surface area contributed by atoms with Crippen LogP contribution < -0.4 is 14.8 Å². The van der Waals surface area contributed by atoms with E-state index in [1.165, 1.54) is 0 Å². The van der Waals surface area contributed by atoms with Crippen LogP contribution in [0.1, 0.15) is 27.2 Å². The Morgan fingerprint density at radius 1 is 1.24 bits per heavy atom. The van der Waals surface area contributed by atoms with Crippen LogP contribution >= 0.6 is 11.8 Å². The van der Waals surface area contributed by atoms with Gasteiger partial charge in [-0.15, -0.1) is 11.8 Å². The maximum Gasteiger partial charge on any atom is 0.411 e. The summed E-state index contributed by atoms with van der Waals surface area (Å²) < 4.78 is 16.4. The molecular weight excluding hydrogens is 394 g/mol. The van der Waals surface area contributed by atoms with Crippen LogP contribution in [0.15, 0.2) is 18.2 Å². The lowest BCUT2D eigenvalue weighted by atomic mass is 10.1. The average Bonchev–Trinajstić information content (AvgIpc) is 3.39. The summed E-state index contributed by atoms with van der Waals surface area (Å²) in [6.45, 7) is 6.84. The first-order valence-corrected chi connectivity index (χ1v) is 11.0. The molecule has 2 amide bonds. The molecule has 4 rings (SSSR count). The number of likely N-dealkylation sites (tertiary alicyclic amines) is 1. The summed E-state index contributed by atoms with van der Waals surface area (Å²) in [6.07, 6.45) is 0.0888. The topological polar surface area (TPSA) is 80.3 Å². The monoisotopic (exact) mass is 421 g/mol. The summed E-state index contributed by atoms with van der Waals surface area (Å²) in [7, 11) is 0. The summed E-state index contributed by atoms with van der Waals surface area (Å²) in [5, 5.41) is 3.43. The summed E-state index contributed by atoms with van der Waals surface area (Å²) in [5.74, 6) is 3.02. The molecule has 0 aromatic heterocycles. The molecule has 29 heavy (non-hydrogen) atoms. The number of carbonyl (C=O) groups excluding carboxylic acids is 2. The number of hydrogen-bond acceptors (Lipinski definition) is 7. The zero-order valence-electron chi connectivity index (χ0n) is 17.0. The van der Waals surface area contributed by atoms with Crippen LogP contribution in [-0.2, 0) is 9.53 Å². The number of ether oxygens (including phenoxy) is 3. The predicted molar refractivity (Wildman–Crippen MR) is 110 cm³/mol. The van der Waals surface area contributed by atoms with Gasteiger partial charge in [0.2, 0.25) is 12.7 Å². The third-order valence-corrected chi connectivity index (χ3v) is 5.99. The van der Waals surface area contributed by atoms with Gasteiger partial charge < -0.3 is 24.4 Å². The molecular formula is C20H27N3O5S. The van der Waals surface area contributed by atoms with E-state index >= 15 is 0 Å². The zero-order valence-corrected chi connectivity index (χ0v) is 17.8. The van der Waals surface area contributed by atoms with Gasteiger partial charge in [-0.25, -0.2) is 4.79 Å². The van der Waals surface area contributed by atoms with E-state index in [1.807, 2.05) is 43.9 Å². The molecule has 8 nitrogen and oxygen atoms in total. The van der Waals surface area contributed by atoms with Crippen molar-refractivity contribution in [3.8, 4) is 11.5 Å². The summed E-state index contributed by atoms with van der Waals surface area (Å²) >= 11 is 1.73. The van der Waals surface area contributed by atoms with E-state index < -0.39 is 17.7 Å². The highest BCUT2D eigenvalue weighted by atomic mass is 32.2. The van der Waals surface area contributed by atoms with Crippen LogP contribution in [0.4, 0.5) is 10.5 Å². The van der Waals surface area contributed by atoms with E-state index in [2.05, 4.69) is 5.32 Å². The van der Waals surface area contributed by atoms with E-state index in [0.29, 0.717) is 24.6 Å². The maximum absolute atomic E-state index is 13.1. The third-order valence-electron chi connectivity index (χ3n) is 5.02. The molecule has 2 atom stereocenters. The van der Waals surface area contributed by atoms with Gasteiger partial charge in [0, 0.05) is 36.6 Å². The smallest absolute Gasteiger partial charge is 0.411 e. The molecule has 1 aromatic rings. The SMILES string of the molecule is CC(C)(C)OC(=O)N1C[C@@H](Nc2ccc3c(c2)OCO3)C[C@H]1C(=O)N1CCSC1. The highest BCUT2D eigenvalue weighted by Gasteiger charge is 2.43. The summed E-state index contributed by atoms with van der Waals surface area (Å²) in [4.78, 5) is 29.3. The highest BCUT2D eigenvalue weighted by molar-refractivity contribution is 7.99. The number of hydrogen-bond donors (Lipinski definition) is 1. The summed E-state index contributed by atoms with van der Waals surface area (Å²) in [6, 6.07) is 5.07. The fourth-order valence-electron chi connectivity index (χ4n) is 3.72. The first-order chi connectivity index (χ1) is 13.8. The Kier molecular flexibility index (Phi) is 5.42. The fraction of sp³-hybridized carbons (Fsp3) is 0.600. The normalized spacial score (nSPS) is 23.4. The quantitative estimate of drug-likeness (QED) is 0.804. The second kappa shape index (κ2) is 7.85. The molecule has 0 radical (unpaired) electrons. The van der Waals surface area contributed by atoms with Gasteiger partial charge >= 0.3 is 6.09 Å². The van der Waals surface area contributed by atoms with E-state index in [-0.39, 0.29) is 18.7 Å². The number of benzene rings is 1. The van der Waals surface area contributed by atoms with Gasteiger partial charge in [-0.3, -0.25) is 9.69 Å². The fourth-order valence-corrected chi connectivity index (χ4v) is 4.67. The number of nitrogens with zero attached hydrogens (tertiary/aromatic N) is 2. The van der Waals surface area contributed by atoms with Gasteiger partial charge in [-0.05, 0) is 39.3 Å². The van der Waals surface area contributed by atoms with Crippen LogP contribution in [0, 0.1) is 0 Å². The van der Waals surface area contributed by atoms with Crippen molar-refractivity contribution in [3.63, 3.8) is 0 Å². The molecule has 3 aliphatic heterocycles. The van der Waals surface area contributed by atoms with E-state index in [4.69, 9.17) is 14.2 Å². The number of nitrogens with one attached hydrogen (secondary N) is 1. The van der Waals surface area contributed by atoms with Crippen molar-refractivity contribution < 1.29 is 23.8 Å². The van der Waals surface area contributed by atoms with Crippen molar-refractivity contribution in [2.24, 2.45) is 0 Å². The highest BCUT2D eigenvalue weighted by Crippen LogP contribution is 2.35. The first-order valence-electron chi connectivity index (χ1n) is 9.82. The second-order valence-electron chi connectivity index (χ2n) is 8.43. The lowest BCUT2D eigenvalue weighted by Crippen LogP contribution is -2.48. The molecule has 0 aliphatic carbocycles. The zero-order chi connectivity index (χ0) is 20.6. The average molecular weight is 422 g/mol. The predicted octanol–water partition coefficient (Wildman–Crippen LogP) is 2.74. The number of fused-ring (bicyclic) bond motifs is 1. The number of amides is 2. The van der Waals surface area contributed by atoms with Crippen molar-refractivity contribution >= 4 is 29.4 Å². The Hall–Kier alpha value is -2.29. The van der Waals surface area contributed by atoms with Crippen LogP contribution in [-0.4, -0.2) is 71.0 Å². The molecule has 3 heterocycles. The Labute approximate surface area is 174 Å². The molecule has 0 spiro atoms. The molecule has 0 unspecified atom stereocenters. The number of anilines is 1. The molecule has 2 saturated heterocycles. The molecule has 0 bridgehead atoms. The van der Waals surface area contributed by atoms with Gasteiger partial charge in [-0.2, -0.15) is 0 Å². The van der Waals surface area contributed by atoms with Crippen LogP contribution in [0.5, 0.6) is 11.5 Å². The lowest BCUT2D eigenvalue weighted by molar-refractivity contribution is -0.134. The Morgan fingerprint density at radius 3 is 2.76 bits per heavy atom. The maximum atomic E-state index is 13.1. The van der Waals surface area contributed by atoms with Crippen LogP contribution in [0.3, 0.4) is 0 Å². The molecule has 2 fully saturated rings. The van der Waals surface area contributed by atoms with Crippen molar-refractivity contribution in [1.82, 2.24) is 9.80 Å². The van der Waals surface area contributed by atoms with Crippen molar-refractivity contribution in [1.29, 1.82) is 0 Å². The van der Waals surface area contributed by atoms with Gasteiger partial charge in [0.25, 0.3) is 0 Å². The number of rotatable bonds is 3. The standard InChI is InChI=1S/C20H27N3O5S/c1-20(2,3)28-19(25)23-10-14(8-15(23)18(24)22-6-7-29-11-22)21-13-4-5-16-17(9-13)27-12-26-16/h4-5,9,14-15,21H,6-8,10-12H2,1-3H3/t14-,15-/m0/s1. The number of carbonyl (C=O) groups is 2. The van der Waals surface area contributed by atoms with Gasteiger partial charge in [0.15, 0.2) is 11.5 Å². The molecule has 158 valence electrons. The van der Waals surface area contributed by atoms with Gasteiger partial charge in [-0.1, -0.05) is 0 Å². The Balaban J connectivity index is 1.49. The minimum atomic E-state index is -0.614. The van der Waals surface area contributed by atoms with Crippen LogP contribution in [0.2, 0.25) is 0 Å². The molecule has 1 aromatic carbocycles. The molecule has 9 heteroatoms. The number of thioether (sulfide) groups is 1. The van der Waals surface area contributed by atoms with Crippen LogP contribution in [0.25, 0.3) is 0 Å². The van der Waals surface area contributed by atoms with E-state index in [9.17, 15) is 9.59 Å². The van der Waals surface area contributed by atoms with Crippen molar-refractivity contribution in [2.45, 2.75) is 44.9 Å². The molecule has 1 N–H and O–H groups in total. The minimum Gasteiger partial charge on any atom is -0.454 e. The van der Waals surface area contributed by atoms with E-state index in [1.54, 1.807) is 16.7 Å². The largest absolute Gasteiger partial charge is 0.454 e. The minimum absolute atomic E-state index is 0.00385. The second-order valence-corrected chi connectivity index (χ2v) is 9.51. The molecule has 0 saturated carbocycles. The lowest BCUT2D eigenvalue weighted by Gasteiger charge is -2.29. The summed E-state index contributed by atoms with van der Waals surface area (Å²) in [5.41, 5.74) is 0.255. The Bertz CT molecular complexity index is 791. The van der Waals surface area contributed by atoms with Gasteiger partial charge in [0.1, 0.15) is 11.6 Å². The van der Waals surface area contributed by atoms with Crippen molar-refractivity contribution in [2.75, 3.05) is 36.8 Å². The first kappa shape index (κ1) is 20.0. The third kappa shape index (κ3) is 4.49. The Morgan fingerprint density at radius 2 is 2.03 bits per heavy atom. The molecule has 3 aliphatic rings. The van der Waals surface area contributed by atoms with E-state index in [0.717, 1.165) is 23.7 Å². The van der Waals surface area contributed by atoms with Gasteiger partial charge in [0.05, 0.1) is 5.88 Å². The van der Waals surface area contributed by atoms with Crippen molar-refractivity contribution in [3.05, 3.63) is 18.2 Å².